The molecule has 1 unspecified atom stereocenters. The number of carbonyl (C=O) groups is 1. The van der Waals surface area contributed by atoms with Crippen molar-refractivity contribution in [3.8, 4) is 5.75 Å². The zero-order valence-electron chi connectivity index (χ0n) is 19.1. The Morgan fingerprint density at radius 2 is 1.82 bits per heavy atom. The van der Waals surface area contributed by atoms with Crippen LogP contribution in [0.1, 0.15) is 45.4 Å². The third-order valence-electron chi connectivity index (χ3n) is 5.75. The van der Waals surface area contributed by atoms with E-state index in [1.165, 1.54) is 41.2 Å². The summed E-state index contributed by atoms with van der Waals surface area (Å²) in [6.07, 6.45) is 1.43. The van der Waals surface area contributed by atoms with Gasteiger partial charge >= 0.3 is 5.51 Å². The van der Waals surface area contributed by atoms with Gasteiger partial charge in [-0.15, -0.1) is 0 Å². The molecule has 1 aromatic carbocycles. The average molecular weight is 529 g/mol. The van der Waals surface area contributed by atoms with Gasteiger partial charge in [0.15, 0.2) is 4.75 Å². The smallest absolute Gasteiger partial charge is 0.446 e. The Balaban J connectivity index is 2.09. The number of methoxy groups -OCH3 is 1. The van der Waals surface area contributed by atoms with Crippen LogP contribution in [0.3, 0.4) is 0 Å². The zero-order valence-corrected chi connectivity index (χ0v) is 20.8. The van der Waals surface area contributed by atoms with Crippen molar-refractivity contribution in [3.63, 3.8) is 0 Å². The molecule has 0 aliphatic carbocycles. The molecule has 1 atom stereocenters. The molecular weight excluding hydrogens is 497 g/mol. The van der Waals surface area contributed by atoms with E-state index in [9.17, 15) is 31.6 Å². The van der Waals surface area contributed by atoms with Crippen molar-refractivity contribution < 1.29 is 41.1 Å². The van der Waals surface area contributed by atoms with Crippen LogP contribution in [0.15, 0.2) is 29.2 Å². The molecule has 1 amide bonds. The molecular formula is C21H31F3N2O6S2. The van der Waals surface area contributed by atoms with Gasteiger partial charge in [0.05, 0.1) is 0 Å². The standard InChI is InChI=1S/C21H31F3N2O6S2/c1-3-4-11-20(12-15-31-2,19(27)25-28)34(29,30)26-13-9-17(10-14-26)32-16-5-7-18(8-6-16)33-21(22,23)24/h5-8,17,28H,3-4,9-15H2,1-2H3,(H,25,27). The van der Waals surface area contributed by atoms with E-state index in [1.807, 2.05) is 6.92 Å². The molecule has 0 saturated carbocycles. The van der Waals surface area contributed by atoms with E-state index in [4.69, 9.17) is 9.47 Å². The van der Waals surface area contributed by atoms with Gasteiger partial charge in [-0.25, -0.2) is 18.2 Å². The number of thioether (sulfide) groups is 1. The van der Waals surface area contributed by atoms with Crippen LogP contribution in [0.5, 0.6) is 5.75 Å². The van der Waals surface area contributed by atoms with Gasteiger partial charge in [-0.3, -0.25) is 10.0 Å². The first-order chi connectivity index (χ1) is 16.0. The fourth-order valence-corrected chi connectivity index (χ4v) is 6.66. The maximum absolute atomic E-state index is 13.6. The number of carbonyl (C=O) groups excluding carboxylic acids is 1. The summed E-state index contributed by atoms with van der Waals surface area (Å²) in [5.41, 5.74) is -2.84. The highest BCUT2D eigenvalue weighted by molar-refractivity contribution is 8.00. The van der Waals surface area contributed by atoms with Crippen LogP contribution < -0.4 is 10.2 Å². The number of halogens is 3. The Morgan fingerprint density at radius 1 is 1.21 bits per heavy atom. The van der Waals surface area contributed by atoms with Gasteiger partial charge in [-0.2, -0.15) is 13.2 Å². The number of unbranched alkanes of at least 4 members (excludes halogenated alkanes) is 1. The monoisotopic (exact) mass is 528 g/mol. The van der Waals surface area contributed by atoms with Gasteiger partial charge in [0.25, 0.3) is 5.91 Å². The Morgan fingerprint density at radius 3 is 2.32 bits per heavy atom. The van der Waals surface area contributed by atoms with E-state index in [-0.39, 0.29) is 55.3 Å². The van der Waals surface area contributed by atoms with Crippen molar-refractivity contribution in [1.82, 2.24) is 9.79 Å². The van der Waals surface area contributed by atoms with Crippen molar-refractivity contribution in [1.29, 1.82) is 0 Å². The van der Waals surface area contributed by atoms with Crippen molar-refractivity contribution >= 4 is 27.7 Å². The minimum Gasteiger partial charge on any atom is -0.490 e. The second kappa shape index (κ2) is 12.4. The molecule has 1 heterocycles. The number of hydrogen-bond donors (Lipinski definition) is 2. The summed E-state index contributed by atoms with van der Waals surface area (Å²) in [5.74, 6) is -0.585. The number of sulfonamides is 1. The SMILES string of the molecule is CCCCC(CCOC)(C(=O)NO)S(=O)(=O)N1CCC(Oc2ccc(SC(F)(F)F)cc2)CC1. The first-order valence-electron chi connectivity index (χ1n) is 10.9. The van der Waals surface area contributed by atoms with Gasteiger partial charge in [-0.05, 0) is 55.3 Å². The van der Waals surface area contributed by atoms with E-state index < -0.39 is 26.2 Å². The van der Waals surface area contributed by atoms with Crippen molar-refractivity contribution in [2.45, 2.75) is 66.7 Å². The Bertz CT molecular complexity index is 881. The average Bonchev–Trinajstić information content (AvgIpc) is 2.79. The van der Waals surface area contributed by atoms with Crippen LogP contribution in [0.25, 0.3) is 0 Å². The normalized spacial score (nSPS) is 17.8. The molecule has 13 heteroatoms. The Labute approximate surface area is 202 Å². The molecule has 1 fully saturated rings. The van der Waals surface area contributed by atoms with Gasteiger partial charge in [-0.1, -0.05) is 19.8 Å². The molecule has 194 valence electrons. The number of hydroxylamine groups is 1. The quantitative estimate of drug-likeness (QED) is 0.241. The van der Waals surface area contributed by atoms with E-state index in [1.54, 1.807) is 0 Å². The van der Waals surface area contributed by atoms with E-state index >= 15 is 0 Å². The number of alkyl halides is 3. The number of hydrogen-bond acceptors (Lipinski definition) is 7. The third kappa shape index (κ3) is 7.23. The summed E-state index contributed by atoms with van der Waals surface area (Å²) in [7, 11) is -2.74. The van der Waals surface area contributed by atoms with Crippen molar-refractivity contribution in [3.05, 3.63) is 24.3 Å². The lowest BCUT2D eigenvalue weighted by molar-refractivity contribution is -0.132. The van der Waals surface area contributed by atoms with Crippen molar-refractivity contribution in [2.75, 3.05) is 26.8 Å². The topological polar surface area (TPSA) is 105 Å². The number of piperidine rings is 1. The molecule has 2 rings (SSSR count). The molecule has 1 aromatic rings. The lowest BCUT2D eigenvalue weighted by Gasteiger charge is -2.39. The lowest BCUT2D eigenvalue weighted by Crippen LogP contribution is -2.59. The van der Waals surface area contributed by atoms with Crippen LogP contribution in [0.2, 0.25) is 0 Å². The highest BCUT2D eigenvalue weighted by Crippen LogP contribution is 2.38. The highest BCUT2D eigenvalue weighted by atomic mass is 32.2. The molecule has 0 radical (unpaired) electrons. The van der Waals surface area contributed by atoms with Gasteiger partial charge in [0.2, 0.25) is 10.0 Å². The minimum atomic E-state index is -4.37. The number of nitrogens with one attached hydrogen (secondary N) is 1. The second-order valence-corrected chi connectivity index (χ2v) is 11.4. The summed E-state index contributed by atoms with van der Waals surface area (Å²) in [6.45, 7) is 2.11. The molecule has 2 N–H and O–H groups in total. The zero-order chi connectivity index (χ0) is 25.4. The number of ether oxygens (including phenoxy) is 2. The lowest BCUT2D eigenvalue weighted by atomic mass is 9.97. The Hall–Kier alpha value is -1.54. The molecule has 1 aliphatic heterocycles. The summed E-state index contributed by atoms with van der Waals surface area (Å²) >= 11 is -0.212. The summed E-state index contributed by atoms with van der Waals surface area (Å²) in [6, 6.07) is 5.53. The minimum absolute atomic E-state index is 0.0263. The first kappa shape index (κ1) is 28.7. The van der Waals surface area contributed by atoms with Crippen LogP contribution in [-0.4, -0.2) is 67.0 Å². The maximum Gasteiger partial charge on any atom is 0.446 e. The predicted octanol–water partition coefficient (Wildman–Crippen LogP) is 3.94. The van der Waals surface area contributed by atoms with Crippen molar-refractivity contribution in [2.24, 2.45) is 0 Å². The van der Waals surface area contributed by atoms with Gasteiger partial charge in [0, 0.05) is 38.1 Å². The number of benzene rings is 1. The summed E-state index contributed by atoms with van der Waals surface area (Å²) in [5, 5.41) is 9.31. The van der Waals surface area contributed by atoms with E-state index in [0.29, 0.717) is 31.4 Å². The predicted molar refractivity (Wildman–Crippen MR) is 121 cm³/mol. The number of rotatable bonds is 12. The van der Waals surface area contributed by atoms with Gasteiger partial charge in [0.1, 0.15) is 11.9 Å². The molecule has 34 heavy (non-hydrogen) atoms. The largest absolute Gasteiger partial charge is 0.490 e. The first-order valence-corrected chi connectivity index (χ1v) is 13.2. The Kier molecular flexibility index (Phi) is 10.5. The molecule has 8 nitrogen and oxygen atoms in total. The highest BCUT2D eigenvalue weighted by Gasteiger charge is 2.53. The van der Waals surface area contributed by atoms with Gasteiger partial charge < -0.3 is 9.47 Å². The van der Waals surface area contributed by atoms with E-state index in [2.05, 4.69) is 0 Å². The molecule has 1 aliphatic rings. The maximum atomic E-state index is 13.6. The van der Waals surface area contributed by atoms with E-state index in [0.717, 1.165) is 0 Å². The molecule has 0 aromatic heterocycles. The number of nitrogens with zero attached hydrogens (tertiary/aromatic N) is 1. The third-order valence-corrected chi connectivity index (χ3v) is 9.12. The van der Waals surface area contributed by atoms with Crippen LogP contribution >= 0.6 is 11.8 Å². The molecule has 0 bridgehead atoms. The number of amides is 1. The fraction of sp³-hybridized carbons (Fsp3) is 0.667. The fourth-order valence-electron chi connectivity index (χ4n) is 3.91. The molecule has 1 saturated heterocycles. The summed E-state index contributed by atoms with van der Waals surface area (Å²) < 4.78 is 74.9. The molecule has 0 spiro atoms. The van der Waals surface area contributed by atoms with Crippen LogP contribution in [0.4, 0.5) is 13.2 Å². The summed E-state index contributed by atoms with van der Waals surface area (Å²) in [4.78, 5) is 12.7. The van der Waals surface area contributed by atoms with Crippen LogP contribution in [0, 0.1) is 0 Å². The van der Waals surface area contributed by atoms with Crippen LogP contribution in [-0.2, 0) is 19.6 Å². The second-order valence-electron chi connectivity index (χ2n) is 8.02.